The minimum Gasteiger partial charge on any atom is -0.425 e. The molecular weight excluding hydrogens is 440 g/mol. The molecule has 2 aromatic carbocycles. The quantitative estimate of drug-likeness (QED) is 0.377. The fourth-order valence-corrected chi connectivity index (χ4v) is 5.82. The van der Waals surface area contributed by atoms with Crippen molar-refractivity contribution in [1.29, 1.82) is 0 Å². The summed E-state index contributed by atoms with van der Waals surface area (Å²) in [6, 6.07) is 14.0. The predicted octanol–water partition coefficient (Wildman–Crippen LogP) is 4.99. The molecular formula is C29H32N2O4. The van der Waals surface area contributed by atoms with Gasteiger partial charge in [-0.25, -0.2) is 4.79 Å². The molecule has 0 unspecified atom stereocenters. The van der Waals surface area contributed by atoms with Crippen molar-refractivity contribution in [2.24, 2.45) is 11.8 Å². The maximum absolute atomic E-state index is 13.6. The lowest BCUT2D eigenvalue weighted by Gasteiger charge is -2.31. The highest BCUT2D eigenvalue weighted by Crippen LogP contribution is 2.40. The lowest BCUT2D eigenvalue weighted by atomic mass is 9.81. The molecule has 1 saturated carbocycles. The molecule has 1 saturated heterocycles. The van der Waals surface area contributed by atoms with Gasteiger partial charge in [0.15, 0.2) is 0 Å². The number of fused-ring (bicyclic) bond motifs is 2. The number of nitrogens with zero attached hydrogens (tertiary/aromatic N) is 1. The summed E-state index contributed by atoms with van der Waals surface area (Å²) < 4.78 is 5.84. The third kappa shape index (κ3) is 4.49. The number of ether oxygens (including phenoxy) is 1. The Bertz CT molecular complexity index is 1180. The lowest BCUT2D eigenvalue weighted by Crippen LogP contribution is -2.48. The van der Waals surface area contributed by atoms with Gasteiger partial charge in [-0.1, -0.05) is 49.2 Å². The van der Waals surface area contributed by atoms with Crippen LogP contribution in [0.1, 0.15) is 57.6 Å². The van der Waals surface area contributed by atoms with Crippen molar-refractivity contribution in [2.45, 2.75) is 64.5 Å². The average molecular weight is 473 g/mol. The zero-order chi connectivity index (χ0) is 24.7. The first-order chi connectivity index (χ1) is 16.7. The molecule has 2 aromatic rings. The normalized spacial score (nSPS) is 23.6. The van der Waals surface area contributed by atoms with Gasteiger partial charge in [0.1, 0.15) is 11.8 Å². The van der Waals surface area contributed by atoms with Gasteiger partial charge in [-0.3, -0.25) is 14.5 Å². The van der Waals surface area contributed by atoms with Crippen molar-refractivity contribution in [1.82, 2.24) is 4.90 Å². The molecule has 2 fully saturated rings. The summed E-state index contributed by atoms with van der Waals surface area (Å²) in [7, 11) is 0. The van der Waals surface area contributed by atoms with Gasteiger partial charge in [-0.05, 0) is 62.9 Å². The number of anilines is 1. The summed E-state index contributed by atoms with van der Waals surface area (Å²) in [5.41, 5.74) is 3.75. The highest BCUT2D eigenvalue weighted by molar-refractivity contribution is 6.08. The second-order valence-corrected chi connectivity index (χ2v) is 10.6. The number of amides is 2. The van der Waals surface area contributed by atoms with Gasteiger partial charge in [0.25, 0.3) is 0 Å². The standard InChI is InChI=1S/C29H32N2O4/c1-18-17-29(2,3)30-24-14-13-20(16-23(18)24)35-28(34)25(15-19-9-5-4-6-10-19)31-26(32)21-11-7-8-12-22(21)27(31)33/h4-6,9-10,13-14,16-17,21-22,25,30H,7-8,11-12,15H2,1-3H3/t21-,22+,25-/m0/s1. The summed E-state index contributed by atoms with van der Waals surface area (Å²) in [6.07, 6.45) is 5.67. The molecule has 3 aliphatic rings. The minimum absolute atomic E-state index is 0.163. The number of carbonyl (C=O) groups excluding carboxylic acids is 3. The van der Waals surface area contributed by atoms with Crippen molar-refractivity contribution < 1.29 is 19.1 Å². The number of hydrogen-bond donors (Lipinski definition) is 1. The first kappa shape index (κ1) is 23.3. The van der Waals surface area contributed by atoms with Crippen LogP contribution < -0.4 is 10.1 Å². The fourth-order valence-electron chi connectivity index (χ4n) is 5.82. The van der Waals surface area contributed by atoms with E-state index in [1.165, 1.54) is 4.90 Å². The molecule has 0 bridgehead atoms. The van der Waals surface area contributed by atoms with Crippen LogP contribution in [0.25, 0.3) is 5.57 Å². The van der Waals surface area contributed by atoms with Crippen molar-refractivity contribution >= 4 is 29.0 Å². The van der Waals surface area contributed by atoms with Gasteiger partial charge in [-0.2, -0.15) is 0 Å². The highest BCUT2D eigenvalue weighted by atomic mass is 16.5. The Kier molecular flexibility index (Phi) is 5.99. The summed E-state index contributed by atoms with van der Waals surface area (Å²) >= 11 is 0. The molecule has 1 N–H and O–H groups in total. The summed E-state index contributed by atoms with van der Waals surface area (Å²) in [4.78, 5) is 41.4. The van der Waals surface area contributed by atoms with Gasteiger partial charge in [-0.15, -0.1) is 0 Å². The average Bonchev–Trinajstić information content (AvgIpc) is 3.08. The summed E-state index contributed by atoms with van der Waals surface area (Å²) in [5, 5.41) is 3.47. The molecule has 6 nitrogen and oxygen atoms in total. The summed E-state index contributed by atoms with van der Waals surface area (Å²) in [5.74, 6) is -1.26. The zero-order valence-corrected chi connectivity index (χ0v) is 20.5. The number of hydrogen-bond acceptors (Lipinski definition) is 5. The van der Waals surface area contributed by atoms with E-state index in [4.69, 9.17) is 4.74 Å². The zero-order valence-electron chi connectivity index (χ0n) is 20.5. The number of allylic oxidation sites excluding steroid dienone is 1. The molecule has 3 atom stereocenters. The van der Waals surface area contributed by atoms with E-state index in [-0.39, 0.29) is 35.6 Å². The van der Waals surface area contributed by atoms with E-state index in [0.29, 0.717) is 18.6 Å². The van der Waals surface area contributed by atoms with E-state index < -0.39 is 12.0 Å². The van der Waals surface area contributed by atoms with Crippen LogP contribution in [0.4, 0.5) is 5.69 Å². The first-order valence-electron chi connectivity index (χ1n) is 12.5. The molecule has 2 heterocycles. The SMILES string of the molecule is CC1=CC(C)(C)Nc2ccc(OC(=O)[C@H](Cc3ccccc3)N3C(=O)[C@H]4CCCC[C@H]4C3=O)cc21. The molecule has 0 radical (unpaired) electrons. The van der Waals surface area contributed by atoms with E-state index in [9.17, 15) is 14.4 Å². The summed E-state index contributed by atoms with van der Waals surface area (Å²) in [6.45, 7) is 6.24. The second-order valence-electron chi connectivity index (χ2n) is 10.6. The Labute approximate surface area is 206 Å². The largest absolute Gasteiger partial charge is 0.425 e. The van der Waals surface area contributed by atoms with Crippen LogP contribution in [0.3, 0.4) is 0 Å². The monoisotopic (exact) mass is 472 g/mol. The molecule has 182 valence electrons. The molecule has 6 heteroatoms. The lowest BCUT2D eigenvalue weighted by molar-refractivity contribution is -0.153. The van der Waals surface area contributed by atoms with Crippen LogP contribution in [-0.2, 0) is 20.8 Å². The van der Waals surface area contributed by atoms with E-state index in [2.05, 4.69) is 25.2 Å². The molecule has 2 amide bonds. The number of rotatable bonds is 5. The van der Waals surface area contributed by atoms with Gasteiger partial charge >= 0.3 is 5.97 Å². The number of imide groups is 1. The van der Waals surface area contributed by atoms with E-state index in [1.807, 2.05) is 49.4 Å². The Balaban J connectivity index is 1.44. The van der Waals surface area contributed by atoms with Crippen LogP contribution in [-0.4, -0.2) is 34.3 Å². The Hall–Kier alpha value is -3.41. The number of carbonyl (C=O) groups is 3. The molecule has 0 spiro atoms. The third-order valence-corrected chi connectivity index (χ3v) is 7.40. The molecule has 35 heavy (non-hydrogen) atoms. The maximum atomic E-state index is 13.6. The third-order valence-electron chi connectivity index (χ3n) is 7.40. The predicted molar refractivity (Wildman–Crippen MR) is 135 cm³/mol. The van der Waals surface area contributed by atoms with Crippen LogP contribution in [0, 0.1) is 11.8 Å². The van der Waals surface area contributed by atoms with Crippen molar-refractivity contribution in [3.05, 3.63) is 65.7 Å². The van der Waals surface area contributed by atoms with E-state index >= 15 is 0 Å². The van der Waals surface area contributed by atoms with Crippen molar-refractivity contribution in [3.8, 4) is 5.75 Å². The smallest absolute Gasteiger partial charge is 0.335 e. The van der Waals surface area contributed by atoms with Gasteiger partial charge < -0.3 is 10.1 Å². The first-order valence-corrected chi connectivity index (χ1v) is 12.5. The van der Waals surface area contributed by atoms with E-state index in [1.54, 1.807) is 6.07 Å². The van der Waals surface area contributed by atoms with Crippen molar-refractivity contribution in [3.63, 3.8) is 0 Å². The number of benzene rings is 2. The molecule has 5 rings (SSSR count). The number of nitrogens with one attached hydrogen (secondary N) is 1. The Morgan fingerprint density at radius 2 is 1.71 bits per heavy atom. The van der Waals surface area contributed by atoms with Gasteiger partial charge in [0.05, 0.1) is 17.4 Å². The van der Waals surface area contributed by atoms with Gasteiger partial charge in [0, 0.05) is 17.7 Å². The highest BCUT2D eigenvalue weighted by Gasteiger charge is 2.52. The van der Waals surface area contributed by atoms with Crippen molar-refractivity contribution in [2.75, 3.05) is 5.32 Å². The molecule has 0 aromatic heterocycles. The van der Waals surface area contributed by atoms with Crippen LogP contribution >= 0.6 is 0 Å². The van der Waals surface area contributed by atoms with Crippen LogP contribution in [0.15, 0.2) is 54.6 Å². The minimum atomic E-state index is -0.993. The van der Waals surface area contributed by atoms with Crippen LogP contribution in [0.2, 0.25) is 0 Å². The maximum Gasteiger partial charge on any atom is 0.335 e. The molecule has 1 aliphatic carbocycles. The van der Waals surface area contributed by atoms with E-state index in [0.717, 1.165) is 35.2 Å². The Morgan fingerprint density at radius 3 is 2.37 bits per heavy atom. The molecule has 2 aliphatic heterocycles. The van der Waals surface area contributed by atoms with Crippen LogP contribution in [0.5, 0.6) is 5.75 Å². The Morgan fingerprint density at radius 1 is 1.06 bits per heavy atom. The number of likely N-dealkylation sites (tertiary alicyclic amines) is 1. The fraction of sp³-hybridized carbons (Fsp3) is 0.414. The number of esters is 1. The second kappa shape index (κ2) is 8.99. The van der Waals surface area contributed by atoms with Gasteiger partial charge in [0.2, 0.25) is 11.8 Å². The topological polar surface area (TPSA) is 75.7 Å².